The largest absolute Gasteiger partial charge is 0.373 e. The topological polar surface area (TPSA) is 34.2 Å². The van der Waals surface area contributed by atoms with Crippen LogP contribution in [0, 0.1) is 0 Å². The van der Waals surface area contributed by atoms with Crippen molar-refractivity contribution in [2.45, 2.75) is 44.1 Å². The molecular weight excluding hydrogens is 188 g/mol. The molecular formula is C12H16N2O. The molecule has 2 aliphatic heterocycles. The lowest BCUT2D eigenvalue weighted by atomic mass is 9.95. The van der Waals surface area contributed by atoms with Gasteiger partial charge in [0.2, 0.25) is 0 Å². The number of rotatable bonds is 3. The first kappa shape index (κ1) is 9.31. The highest BCUT2D eigenvalue weighted by atomic mass is 16.5. The predicted molar refractivity (Wildman–Crippen MR) is 57.4 cm³/mol. The molecule has 1 N–H and O–H groups in total. The molecule has 3 rings (SSSR count). The van der Waals surface area contributed by atoms with Crippen LogP contribution in [0.2, 0.25) is 0 Å². The molecule has 3 nitrogen and oxygen atoms in total. The number of hydrogen-bond acceptors (Lipinski definition) is 3. The molecule has 0 aromatic carbocycles. The van der Waals surface area contributed by atoms with Crippen LogP contribution in [-0.4, -0.2) is 23.2 Å². The molecule has 2 saturated heterocycles. The van der Waals surface area contributed by atoms with E-state index in [-0.39, 0.29) is 0 Å². The van der Waals surface area contributed by atoms with Gasteiger partial charge in [-0.1, -0.05) is 6.07 Å². The molecule has 3 heterocycles. The summed E-state index contributed by atoms with van der Waals surface area (Å²) in [5.41, 5.74) is 1.25. The zero-order valence-corrected chi connectivity index (χ0v) is 8.73. The second-order valence-electron chi connectivity index (χ2n) is 4.46. The van der Waals surface area contributed by atoms with Gasteiger partial charge in [0.25, 0.3) is 0 Å². The number of ether oxygens (including phenoxy) is 1. The molecule has 0 radical (unpaired) electrons. The van der Waals surface area contributed by atoms with Gasteiger partial charge in [0.1, 0.15) is 0 Å². The molecule has 0 aliphatic carbocycles. The van der Waals surface area contributed by atoms with E-state index in [0.717, 1.165) is 6.54 Å². The van der Waals surface area contributed by atoms with E-state index >= 15 is 0 Å². The Labute approximate surface area is 89.9 Å². The lowest BCUT2D eigenvalue weighted by Crippen LogP contribution is -2.36. The summed E-state index contributed by atoms with van der Waals surface area (Å²) >= 11 is 0. The van der Waals surface area contributed by atoms with Crippen LogP contribution >= 0.6 is 0 Å². The first-order valence-corrected chi connectivity index (χ1v) is 5.69. The van der Waals surface area contributed by atoms with Gasteiger partial charge in [-0.25, -0.2) is 0 Å². The predicted octanol–water partition coefficient (Wildman–Crippen LogP) is 1.49. The summed E-state index contributed by atoms with van der Waals surface area (Å²) in [6.45, 7) is 0.908. The maximum atomic E-state index is 5.80. The third kappa shape index (κ3) is 1.90. The van der Waals surface area contributed by atoms with Crippen LogP contribution in [0.4, 0.5) is 0 Å². The van der Waals surface area contributed by atoms with Crippen LogP contribution in [0.25, 0.3) is 0 Å². The van der Waals surface area contributed by atoms with Crippen molar-refractivity contribution >= 4 is 0 Å². The van der Waals surface area contributed by atoms with Gasteiger partial charge in [-0.2, -0.15) is 0 Å². The monoisotopic (exact) mass is 204 g/mol. The smallest absolute Gasteiger partial charge is 0.0733 e. The third-order valence-corrected chi connectivity index (χ3v) is 3.40. The molecule has 0 saturated carbocycles. The lowest BCUT2D eigenvalue weighted by Gasteiger charge is -2.19. The summed E-state index contributed by atoms with van der Waals surface area (Å²) in [6, 6.07) is 4.64. The molecule has 15 heavy (non-hydrogen) atoms. The SMILES string of the molecule is c1cncc(CNC2CC3CCC2O3)c1. The molecule has 1 aromatic rings. The van der Waals surface area contributed by atoms with Crippen LogP contribution in [0.15, 0.2) is 24.5 Å². The molecule has 3 unspecified atom stereocenters. The highest BCUT2D eigenvalue weighted by molar-refractivity contribution is 5.08. The van der Waals surface area contributed by atoms with Gasteiger partial charge in [-0.15, -0.1) is 0 Å². The van der Waals surface area contributed by atoms with E-state index in [2.05, 4.69) is 16.4 Å². The standard InChI is InChI=1S/C12H16N2O/c1-2-9(7-13-5-1)8-14-11-6-10-3-4-12(11)15-10/h1-2,5,7,10-12,14H,3-4,6,8H2. The Balaban J connectivity index is 1.55. The van der Waals surface area contributed by atoms with E-state index in [1.165, 1.54) is 24.8 Å². The maximum absolute atomic E-state index is 5.80. The molecule has 2 aliphatic rings. The summed E-state index contributed by atoms with van der Waals surface area (Å²) in [4.78, 5) is 4.11. The number of fused-ring (bicyclic) bond motifs is 2. The van der Waals surface area contributed by atoms with E-state index in [0.29, 0.717) is 18.2 Å². The van der Waals surface area contributed by atoms with Gasteiger partial charge in [-0.3, -0.25) is 4.98 Å². The minimum Gasteiger partial charge on any atom is -0.373 e. The summed E-state index contributed by atoms with van der Waals surface area (Å²) in [6.07, 6.45) is 8.40. The van der Waals surface area contributed by atoms with E-state index in [4.69, 9.17) is 4.74 Å². The lowest BCUT2D eigenvalue weighted by molar-refractivity contribution is 0.0973. The number of nitrogens with one attached hydrogen (secondary N) is 1. The van der Waals surface area contributed by atoms with Crippen molar-refractivity contribution < 1.29 is 4.74 Å². The van der Waals surface area contributed by atoms with Gasteiger partial charge in [0, 0.05) is 25.0 Å². The average molecular weight is 204 g/mol. The van der Waals surface area contributed by atoms with Crippen LogP contribution in [0.3, 0.4) is 0 Å². The summed E-state index contributed by atoms with van der Waals surface area (Å²) in [5.74, 6) is 0. The number of pyridine rings is 1. The molecule has 2 bridgehead atoms. The average Bonchev–Trinajstić information content (AvgIpc) is 2.89. The van der Waals surface area contributed by atoms with Crippen LogP contribution in [0.1, 0.15) is 24.8 Å². The first-order valence-electron chi connectivity index (χ1n) is 5.69. The molecule has 0 spiro atoms. The summed E-state index contributed by atoms with van der Waals surface area (Å²) in [7, 11) is 0. The Morgan fingerprint density at radius 3 is 3.13 bits per heavy atom. The maximum Gasteiger partial charge on any atom is 0.0733 e. The van der Waals surface area contributed by atoms with Crippen molar-refractivity contribution in [1.82, 2.24) is 10.3 Å². The fourth-order valence-electron chi connectivity index (χ4n) is 2.60. The van der Waals surface area contributed by atoms with Gasteiger partial charge in [-0.05, 0) is 30.9 Å². The van der Waals surface area contributed by atoms with Crippen molar-refractivity contribution in [2.75, 3.05) is 0 Å². The van der Waals surface area contributed by atoms with E-state index in [9.17, 15) is 0 Å². The normalized spacial score (nSPS) is 33.5. The van der Waals surface area contributed by atoms with Crippen LogP contribution in [0.5, 0.6) is 0 Å². The molecule has 2 fully saturated rings. The zero-order valence-electron chi connectivity index (χ0n) is 8.73. The quantitative estimate of drug-likeness (QED) is 0.810. The second kappa shape index (κ2) is 3.91. The molecule has 0 amide bonds. The minimum atomic E-state index is 0.465. The van der Waals surface area contributed by atoms with Crippen molar-refractivity contribution in [1.29, 1.82) is 0 Å². The highest BCUT2D eigenvalue weighted by Crippen LogP contribution is 2.34. The van der Waals surface area contributed by atoms with Crippen LogP contribution in [-0.2, 0) is 11.3 Å². The minimum absolute atomic E-state index is 0.465. The number of aromatic nitrogens is 1. The highest BCUT2D eigenvalue weighted by Gasteiger charge is 2.40. The van der Waals surface area contributed by atoms with E-state index in [1.807, 2.05) is 18.5 Å². The fourth-order valence-corrected chi connectivity index (χ4v) is 2.60. The Kier molecular flexibility index (Phi) is 2.43. The number of nitrogens with zero attached hydrogens (tertiary/aromatic N) is 1. The first-order chi connectivity index (χ1) is 7.42. The van der Waals surface area contributed by atoms with Crippen molar-refractivity contribution in [3.63, 3.8) is 0 Å². The molecule has 3 heteroatoms. The van der Waals surface area contributed by atoms with Gasteiger partial charge in [0.15, 0.2) is 0 Å². The van der Waals surface area contributed by atoms with Gasteiger partial charge in [0.05, 0.1) is 12.2 Å². The van der Waals surface area contributed by atoms with E-state index in [1.54, 1.807) is 0 Å². The summed E-state index contributed by atoms with van der Waals surface area (Å²) in [5, 5.41) is 3.56. The second-order valence-corrected chi connectivity index (χ2v) is 4.46. The number of hydrogen-bond donors (Lipinski definition) is 1. The van der Waals surface area contributed by atoms with Crippen molar-refractivity contribution in [2.24, 2.45) is 0 Å². The fraction of sp³-hybridized carbons (Fsp3) is 0.583. The Morgan fingerprint density at radius 1 is 1.47 bits per heavy atom. The van der Waals surface area contributed by atoms with Crippen molar-refractivity contribution in [3.05, 3.63) is 30.1 Å². The summed E-state index contributed by atoms with van der Waals surface area (Å²) < 4.78 is 5.80. The molecule has 1 aromatic heterocycles. The van der Waals surface area contributed by atoms with Gasteiger partial charge >= 0.3 is 0 Å². The molecule has 3 atom stereocenters. The van der Waals surface area contributed by atoms with Crippen molar-refractivity contribution in [3.8, 4) is 0 Å². The van der Waals surface area contributed by atoms with Crippen LogP contribution < -0.4 is 5.32 Å². The van der Waals surface area contributed by atoms with Gasteiger partial charge < -0.3 is 10.1 Å². The zero-order chi connectivity index (χ0) is 10.1. The third-order valence-electron chi connectivity index (χ3n) is 3.40. The molecule has 80 valence electrons. The Morgan fingerprint density at radius 2 is 2.47 bits per heavy atom. The Bertz CT molecular complexity index is 328. The van der Waals surface area contributed by atoms with E-state index < -0.39 is 0 Å². The Hall–Kier alpha value is -0.930.